The van der Waals surface area contributed by atoms with Crippen molar-refractivity contribution in [2.75, 3.05) is 32.7 Å². The molecule has 0 saturated carbocycles. The number of carbonyl (C=O) groups is 1. The van der Waals surface area contributed by atoms with Gasteiger partial charge < -0.3 is 9.42 Å². The minimum absolute atomic E-state index is 0.129. The molecule has 30 heavy (non-hydrogen) atoms. The molecule has 0 N–H and O–H groups in total. The van der Waals surface area contributed by atoms with Crippen LogP contribution < -0.4 is 0 Å². The van der Waals surface area contributed by atoms with Gasteiger partial charge in [-0.3, -0.25) is 9.69 Å². The summed E-state index contributed by atoms with van der Waals surface area (Å²) in [4.78, 5) is 21.5. The monoisotopic (exact) mass is 404 g/mol. The van der Waals surface area contributed by atoms with Crippen LogP contribution in [0.5, 0.6) is 0 Å². The molecule has 4 rings (SSSR count). The molecule has 0 unspecified atom stereocenters. The molecule has 1 amide bonds. The van der Waals surface area contributed by atoms with Gasteiger partial charge in [0.2, 0.25) is 11.7 Å². The van der Waals surface area contributed by atoms with E-state index in [1.165, 1.54) is 11.1 Å². The number of carbonyl (C=O) groups excluding carboxylic acids is 1. The molecule has 0 bridgehead atoms. The maximum absolute atomic E-state index is 12.6. The van der Waals surface area contributed by atoms with Gasteiger partial charge >= 0.3 is 0 Å². The van der Waals surface area contributed by atoms with Crippen LogP contribution in [0, 0.1) is 13.8 Å². The van der Waals surface area contributed by atoms with Crippen LogP contribution in [-0.4, -0.2) is 58.6 Å². The Morgan fingerprint density at radius 3 is 2.23 bits per heavy atom. The first kappa shape index (κ1) is 20.3. The maximum Gasteiger partial charge on any atom is 0.253 e. The van der Waals surface area contributed by atoms with Crippen molar-refractivity contribution in [2.45, 2.75) is 26.7 Å². The Labute approximate surface area is 177 Å². The fraction of sp³-hybridized carbons (Fsp3) is 0.375. The molecule has 1 aliphatic rings. The first-order valence-corrected chi connectivity index (χ1v) is 10.6. The molecule has 0 spiro atoms. The number of hydrogen-bond donors (Lipinski definition) is 0. The third kappa shape index (κ3) is 4.94. The summed E-state index contributed by atoms with van der Waals surface area (Å²) in [5, 5.41) is 4.10. The average molecular weight is 405 g/mol. The number of hydrogen-bond acceptors (Lipinski definition) is 5. The van der Waals surface area contributed by atoms with Crippen LogP contribution in [-0.2, 0) is 6.42 Å². The number of amides is 1. The number of aromatic nitrogens is 2. The predicted octanol–water partition coefficient (Wildman–Crippen LogP) is 3.74. The van der Waals surface area contributed by atoms with Crippen molar-refractivity contribution >= 4 is 5.91 Å². The number of rotatable bonds is 6. The summed E-state index contributed by atoms with van der Waals surface area (Å²) >= 11 is 0. The Kier molecular flexibility index (Phi) is 6.23. The summed E-state index contributed by atoms with van der Waals surface area (Å²) in [7, 11) is 0. The lowest BCUT2D eigenvalue weighted by Crippen LogP contribution is -2.48. The van der Waals surface area contributed by atoms with Crippen LogP contribution in [0.3, 0.4) is 0 Å². The van der Waals surface area contributed by atoms with Crippen molar-refractivity contribution in [2.24, 2.45) is 0 Å². The quantitative estimate of drug-likeness (QED) is 0.626. The third-order valence-corrected chi connectivity index (χ3v) is 5.60. The molecule has 156 valence electrons. The molecule has 0 radical (unpaired) electrons. The van der Waals surface area contributed by atoms with Crippen LogP contribution in [0.4, 0.5) is 0 Å². The smallest absolute Gasteiger partial charge is 0.253 e. The topological polar surface area (TPSA) is 62.5 Å². The molecule has 2 aromatic carbocycles. The van der Waals surface area contributed by atoms with E-state index in [0.29, 0.717) is 11.7 Å². The van der Waals surface area contributed by atoms with E-state index >= 15 is 0 Å². The molecule has 6 nitrogen and oxygen atoms in total. The lowest BCUT2D eigenvalue weighted by atomic mass is 10.1. The zero-order chi connectivity index (χ0) is 20.9. The number of benzene rings is 2. The van der Waals surface area contributed by atoms with Gasteiger partial charge in [-0.15, -0.1) is 0 Å². The molecule has 3 aromatic rings. The van der Waals surface area contributed by atoms with Gasteiger partial charge in [0.1, 0.15) is 0 Å². The van der Waals surface area contributed by atoms with Crippen LogP contribution in [0.25, 0.3) is 11.4 Å². The fourth-order valence-corrected chi connectivity index (χ4v) is 3.68. The molecule has 0 atom stereocenters. The van der Waals surface area contributed by atoms with E-state index in [-0.39, 0.29) is 5.91 Å². The van der Waals surface area contributed by atoms with Gasteiger partial charge in [-0.05, 0) is 38.9 Å². The maximum atomic E-state index is 12.6. The Hall–Kier alpha value is -2.99. The first-order valence-electron chi connectivity index (χ1n) is 10.6. The average Bonchev–Trinajstić information content (AvgIpc) is 3.24. The normalized spacial score (nSPS) is 14.8. The highest BCUT2D eigenvalue weighted by Gasteiger charge is 2.22. The van der Waals surface area contributed by atoms with Crippen molar-refractivity contribution < 1.29 is 9.32 Å². The summed E-state index contributed by atoms with van der Waals surface area (Å²) in [6.07, 6.45) is 1.73. The van der Waals surface area contributed by atoms with Gasteiger partial charge in [0.25, 0.3) is 5.91 Å². The molecule has 6 heteroatoms. The molecule has 1 fully saturated rings. The second kappa shape index (κ2) is 9.22. The summed E-state index contributed by atoms with van der Waals surface area (Å²) < 4.78 is 5.41. The number of piperazine rings is 1. The molecular formula is C24H28N4O2. The van der Waals surface area contributed by atoms with E-state index in [0.717, 1.165) is 56.7 Å². The largest absolute Gasteiger partial charge is 0.339 e. The minimum atomic E-state index is 0.129. The zero-order valence-corrected chi connectivity index (χ0v) is 17.7. The highest BCUT2D eigenvalue weighted by Crippen LogP contribution is 2.17. The third-order valence-electron chi connectivity index (χ3n) is 5.60. The van der Waals surface area contributed by atoms with Gasteiger partial charge in [-0.1, -0.05) is 52.7 Å². The second-order valence-corrected chi connectivity index (χ2v) is 7.98. The van der Waals surface area contributed by atoms with Crippen LogP contribution >= 0.6 is 0 Å². The van der Waals surface area contributed by atoms with Gasteiger partial charge in [-0.2, -0.15) is 4.98 Å². The van der Waals surface area contributed by atoms with E-state index < -0.39 is 0 Å². The molecular weight excluding hydrogens is 376 g/mol. The standard InChI is InChI=1S/C24H28N4O2/c1-18-5-9-20(10-6-18)23-25-22(30-26-23)4-3-13-27-14-16-28(17-15-27)24(29)21-11-7-19(2)8-12-21/h5-12H,3-4,13-17H2,1-2H3. The molecule has 1 aromatic heterocycles. The summed E-state index contributed by atoms with van der Waals surface area (Å²) in [6.45, 7) is 8.39. The fourth-order valence-electron chi connectivity index (χ4n) is 3.68. The molecule has 1 aliphatic heterocycles. The number of aryl methyl sites for hydroxylation is 3. The van der Waals surface area contributed by atoms with E-state index in [4.69, 9.17) is 4.52 Å². The summed E-state index contributed by atoms with van der Waals surface area (Å²) in [5.74, 6) is 1.45. The van der Waals surface area contributed by atoms with E-state index in [1.54, 1.807) is 0 Å². The van der Waals surface area contributed by atoms with Crippen molar-refractivity contribution in [3.63, 3.8) is 0 Å². The van der Waals surface area contributed by atoms with Gasteiger partial charge in [-0.25, -0.2) is 0 Å². The van der Waals surface area contributed by atoms with Gasteiger partial charge in [0, 0.05) is 43.7 Å². The Morgan fingerprint density at radius 1 is 0.933 bits per heavy atom. The van der Waals surface area contributed by atoms with Crippen molar-refractivity contribution in [3.8, 4) is 11.4 Å². The Morgan fingerprint density at radius 2 is 1.57 bits per heavy atom. The minimum Gasteiger partial charge on any atom is -0.339 e. The molecule has 2 heterocycles. The second-order valence-electron chi connectivity index (χ2n) is 7.98. The highest BCUT2D eigenvalue weighted by molar-refractivity contribution is 5.94. The lowest BCUT2D eigenvalue weighted by molar-refractivity contribution is 0.0635. The Balaban J connectivity index is 1.21. The SMILES string of the molecule is Cc1ccc(C(=O)N2CCN(CCCc3nc(-c4ccc(C)cc4)no3)CC2)cc1. The summed E-state index contributed by atoms with van der Waals surface area (Å²) in [5.41, 5.74) is 4.13. The lowest BCUT2D eigenvalue weighted by Gasteiger charge is -2.34. The number of nitrogens with zero attached hydrogens (tertiary/aromatic N) is 4. The van der Waals surface area contributed by atoms with Gasteiger partial charge in [0.15, 0.2) is 0 Å². The van der Waals surface area contributed by atoms with E-state index in [2.05, 4.69) is 34.1 Å². The van der Waals surface area contributed by atoms with E-state index in [1.807, 2.05) is 48.2 Å². The van der Waals surface area contributed by atoms with E-state index in [9.17, 15) is 4.79 Å². The van der Waals surface area contributed by atoms with Crippen LogP contribution in [0.1, 0.15) is 33.8 Å². The zero-order valence-electron chi connectivity index (χ0n) is 17.7. The van der Waals surface area contributed by atoms with Crippen molar-refractivity contribution in [1.82, 2.24) is 19.9 Å². The molecule has 0 aliphatic carbocycles. The van der Waals surface area contributed by atoms with Crippen molar-refractivity contribution in [3.05, 3.63) is 71.1 Å². The highest BCUT2D eigenvalue weighted by atomic mass is 16.5. The van der Waals surface area contributed by atoms with Gasteiger partial charge in [0.05, 0.1) is 0 Å². The van der Waals surface area contributed by atoms with Crippen LogP contribution in [0.15, 0.2) is 53.1 Å². The predicted molar refractivity (Wildman–Crippen MR) is 116 cm³/mol. The Bertz CT molecular complexity index is 971. The first-order chi connectivity index (χ1) is 14.6. The van der Waals surface area contributed by atoms with Crippen LogP contribution in [0.2, 0.25) is 0 Å². The summed E-state index contributed by atoms with van der Waals surface area (Å²) in [6, 6.07) is 15.9. The van der Waals surface area contributed by atoms with Crippen molar-refractivity contribution in [1.29, 1.82) is 0 Å². The molecule has 1 saturated heterocycles.